The van der Waals surface area contributed by atoms with Gasteiger partial charge in [-0.1, -0.05) is 103 Å². The SMILES string of the molecule is O=S(=O)(OC=Cc1ccccc1)c1cccc(-c2ccccc2)c1S(=O)(=O)OC=Cc1ccccc1.[Na].[Na].[Na]. The molecule has 0 aliphatic heterocycles. The third-order valence-electron chi connectivity index (χ3n) is 5.07. The molecule has 4 aromatic carbocycles. The summed E-state index contributed by atoms with van der Waals surface area (Å²) < 4.78 is 63.3. The molecule has 0 bridgehead atoms. The molecule has 0 saturated heterocycles. The van der Waals surface area contributed by atoms with Crippen LogP contribution >= 0.6 is 0 Å². The van der Waals surface area contributed by atoms with Crippen LogP contribution in [0.15, 0.2) is 132 Å². The Hall–Kier alpha value is -1.14. The predicted octanol–water partition coefficient (Wildman–Crippen LogP) is 4.96. The Morgan fingerprint density at radius 3 is 1.41 bits per heavy atom. The number of benzene rings is 4. The molecule has 0 aliphatic carbocycles. The molecule has 4 aromatic rings. The fourth-order valence-electron chi connectivity index (χ4n) is 3.40. The molecule has 3 radical (unpaired) electrons. The molecule has 0 heterocycles. The van der Waals surface area contributed by atoms with Gasteiger partial charge in [-0.3, -0.25) is 0 Å². The summed E-state index contributed by atoms with van der Waals surface area (Å²) in [6.07, 6.45) is 4.95. The van der Waals surface area contributed by atoms with Crippen LogP contribution in [0.3, 0.4) is 0 Å². The van der Waals surface area contributed by atoms with Crippen molar-refractivity contribution in [3.8, 4) is 11.1 Å². The van der Waals surface area contributed by atoms with Crippen molar-refractivity contribution in [1.82, 2.24) is 0 Å². The van der Waals surface area contributed by atoms with Crippen LogP contribution in [0.25, 0.3) is 23.3 Å². The normalized spacial score (nSPS) is 11.2. The second-order valence-electron chi connectivity index (χ2n) is 7.53. The first-order chi connectivity index (χ1) is 17.4. The molecule has 39 heavy (non-hydrogen) atoms. The van der Waals surface area contributed by atoms with Crippen molar-refractivity contribution >= 4 is 121 Å². The molecule has 185 valence electrons. The third kappa shape index (κ3) is 10.0. The predicted molar refractivity (Wildman–Crippen MR) is 157 cm³/mol. The summed E-state index contributed by atoms with van der Waals surface area (Å²) in [5, 5.41) is 0. The Balaban J connectivity index is 0.00000253. The van der Waals surface area contributed by atoms with E-state index in [0.717, 1.165) is 12.5 Å². The van der Waals surface area contributed by atoms with Crippen LogP contribution in [0.1, 0.15) is 11.1 Å². The summed E-state index contributed by atoms with van der Waals surface area (Å²) in [5.74, 6) is 0. The second kappa shape index (κ2) is 17.0. The molecular formula is C28H22Na3O6S2. The molecule has 6 nitrogen and oxygen atoms in total. The monoisotopic (exact) mass is 587 g/mol. The molecule has 0 amide bonds. The van der Waals surface area contributed by atoms with Gasteiger partial charge in [-0.2, -0.15) is 16.8 Å². The first-order valence-corrected chi connectivity index (χ1v) is 13.7. The van der Waals surface area contributed by atoms with Gasteiger partial charge in [0, 0.05) is 94.2 Å². The van der Waals surface area contributed by atoms with E-state index in [9.17, 15) is 16.8 Å². The quantitative estimate of drug-likeness (QED) is 0.156. The second-order valence-corrected chi connectivity index (χ2v) is 10.6. The van der Waals surface area contributed by atoms with Crippen LogP contribution in [0.2, 0.25) is 0 Å². The minimum atomic E-state index is -4.57. The minimum Gasteiger partial charge on any atom is -0.387 e. The van der Waals surface area contributed by atoms with Gasteiger partial charge in [-0.15, -0.1) is 0 Å². The van der Waals surface area contributed by atoms with E-state index in [-0.39, 0.29) is 94.2 Å². The van der Waals surface area contributed by atoms with E-state index >= 15 is 0 Å². The summed E-state index contributed by atoms with van der Waals surface area (Å²) in [7, 11) is -9.09. The summed E-state index contributed by atoms with van der Waals surface area (Å²) in [6.45, 7) is 0. The Labute approximate surface area is 296 Å². The average Bonchev–Trinajstić information content (AvgIpc) is 2.90. The first-order valence-electron chi connectivity index (χ1n) is 10.8. The van der Waals surface area contributed by atoms with E-state index < -0.39 is 30.0 Å². The topological polar surface area (TPSA) is 86.7 Å². The first kappa shape index (κ1) is 35.9. The van der Waals surface area contributed by atoms with E-state index in [1.54, 1.807) is 78.9 Å². The molecule has 11 heteroatoms. The van der Waals surface area contributed by atoms with Gasteiger partial charge in [-0.25, -0.2) is 0 Å². The van der Waals surface area contributed by atoms with Crippen molar-refractivity contribution in [2.24, 2.45) is 0 Å². The van der Waals surface area contributed by atoms with E-state index in [0.29, 0.717) is 16.7 Å². The van der Waals surface area contributed by atoms with Crippen molar-refractivity contribution in [1.29, 1.82) is 0 Å². The zero-order chi connectivity index (χ0) is 25.4. The summed E-state index contributed by atoms with van der Waals surface area (Å²) >= 11 is 0. The third-order valence-corrected chi connectivity index (χ3v) is 7.74. The largest absolute Gasteiger partial charge is 0.387 e. The smallest absolute Gasteiger partial charge is 0.340 e. The summed E-state index contributed by atoms with van der Waals surface area (Å²) in [5.41, 5.74) is 2.10. The summed E-state index contributed by atoms with van der Waals surface area (Å²) in [4.78, 5) is -1.04. The Morgan fingerprint density at radius 1 is 0.487 bits per heavy atom. The van der Waals surface area contributed by atoms with Crippen LogP contribution in [0.4, 0.5) is 0 Å². The standard InChI is InChI=1S/C28H22O6S2.3Na/c29-35(30,33-21-19-23-11-4-1-5-12-23)27-18-10-17-26(25-15-8-3-9-16-25)28(27)36(31,32)34-22-20-24-13-6-2-7-14-24;;;/h1-22H;;;. The van der Waals surface area contributed by atoms with Crippen LogP contribution in [0, 0.1) is 0 Å². The molecule has 0 aromatic heterocycles. The fraction of sp³-hybridized carbons (Fsp3) is 0. The number of hydrogen-bond acceptors (Lipinski definition) is 6. The maximum Gasteiger partial charge on any atom is 0.340 e. The number of hydrogen-bond donors (Lipinski definition) is 0. The number of rotatable bonds is 9. The Morgan fingerprint density at radius 2 is 0.923 bits per heavy atom. The zero-order valence-corrected chi connectivity index (χ0v) is 29.6. The molecular weight excluding hydrogens is 565 g/mol. The van der Waals surface area contributed by atoms with E-state index in [1.807, 2.05) is 12.1 Å². The van der Waals surface area contributed by atoms with Crippen molar-refractivity contribution < 1.29 is 25.2 Å². The van der Waals surface area contributed by atoms with Crippen LogP contribution in [-0.2, 0) is 28.6 Å². The molecule has 0 aliphatic rings. The maximum absolute atomic E-state index is 13.4. The van der Waals surface area contributed by atoms with Gasteiger partial charge in [0.1, 0.15) is 22.3 Å². The molecule has 4 rings (SSSR count). The average molecular weight is 588 g/mol. The Bertz CT molecular complexity index is 1590. The van der Waals surface area contributed by atoms with E-state index in [1.165, 1.54) is 30.4 Å². The van der Waals surface area contributed by atoms with Crippen molar-refractivity contribution in [3.05, 3.63) is 133 Å². The molecule has 0 unspecified atom stereocenters. The van der Waals surface area contributed by atoms with E-state index in [2.05, 4.69) is 0 Å². The van der Waals surface area contributed by atoms with Gasteiger partial charge in [0.05, 0.1) is 0 Å². The van der Waals surface area contributed by atoms with Gasteiger partial charge in [-0.05, 0) is 34.9 Å². The van der Waals surface area contributed by atoms with Crippen LogP contribution in [-0.4, -0.2) is 106 Å². The molecule has 0 saturated carbocycles. The minimum absolute atomic E-state index is 0. The van der Waals surface area contributed by atoms with Crippen molar-refractivity contribution in [2.45, 2.75) is 9.79 Å². The summed E-state index contributed by atoms with van der Waals surface area (Å²) in [6, 6.07) is 30.6. The van der Waals surface area contributed by atoms with Gasteiger partial charge in [0.2, 0.25) is 0 Å². The van der Waals surface area contributed by atoms with Crippen LogP contribution in [0.5, 0.6) is 0 Å². The molecule has 0 N–H and O–H groups in total. The Kier molecular flexibility index (Phi) is 15.6. The zero-order valence-electron chi connectivity index (χ0n) is 22.0. The van der Waals surface area contributed by atoms with E-state index in [4.69, 9.17) is 8.37 Å². The molecule has 0 fully saturated rings. The molecule has 0 atom stereocenters. The van der Waals surface area contributed by atoms with Gasteiger partial charge < -0.3 is 8.37 Å². The van der Waals surface area contributed by atoms with Gasteiger partial charge in [0.15, 0.2) is 0 Å². The van der Waals surface area contributed by atoms with Gasteiger partial charge in [0.25, 0.3) is 0 Å². The molecule has 0 spiro atoms. The fourth-order valence-corrected chi connectivity index (χ4v) is 5.97. The van der Waals surface area contributed by atoms with Gasteiger partial charge >= 0.3 is 20.2 Å². The van der Waals surface area contributed by atoms with Crippen LogP contribution < -0.4 is 0 Å². The maximum atomic E-state index is 13.4. The van der Waals surface area contributed by atoms with Crippen molar-refractivity contribution in [3.63, 3.8) is 0 Å². The van der Waals surface area contributed by atoms with Crippen molar-refractivity contribution in [2.75, 3.05) is 0 Å².